The summed E-state index contributed by atoms with van der Waals surface area (Å²) < 4.78 is 3.96. The van der Waals surface area contributed by atoms with Gasteiger partial charge in [-0.2, -0.15) is 0 Å². The lowest BCUT2D eigenvalue weighted by molar-refractivity contribution is 0.0966. The molecule has 0 spiro atoms. The predicted molar refractivity (Wildman–Crippen MR) is 39.3 cm³/mol. The Morgan fingerprint density at radius 3 is 1.80 bits per heavy atom. The van der Waals surface area contributed by atoms with Gasteiger partial charge in [-0.05, 0) is 28.1 Å². The van der Waals surface area contributed by atoms with E-state index in [1.54, 1.807) is 6.92 Å². The van der Waals surface area contributed by atoms with E-state index in [4.69, 9.17) is 5.11 Å². The number of carbonyl (C=O) groups is 1. The minimum absolute atomic E-state index is 0.231. The van der Waals surface area contributed by atoms with E-state index in [0.29, 0.717) is 0 Å². The Morgan fingerprint density at radius 1 is 1.50 bits per heavy atom. The Labute approximate surface area is 61.4 Å². The van der Waals surface area contributed by atoms with Crippen molar-refractivity contribution in [1.82, 2.24) is 4.90 Å². The average molecular weight is 149 g/mol. The van der Waals surface area contributed by atoms with Crippen LogP contribution in [0.1, 0.15) is 6.92 Å². The molecular formula is C6H15NO3. The van der Waals surface area contributed by atoms with E-state index in [0.717, 1.165) is 0 Å². The molecule has 0 atom stereocenters. The van der Waals surface area contributed by atoms with E-state index >= 15 is 0 Å². The van der Waals surface area contributed by atoms with Crippen LogP contribution in [0.3, 0.4) is 0 Å². The summed E-state index contributed by atoms with van der Waals surface area (Å²) in [5.74, 6) is 0. The van der Waals surface area contributed by atoms with Gasteiger partial charge in [0.25, 0.3) is 0 Å². The number of ether oxygens (including phenoxy) is 1. The maximum atomic E-state index is 9.38. The molecule has 0 bridgehead atoms. The van der Waals surface area contributed by atoms with Crippen molar-refractivity contribution in [3.05, 3.63) is 0 Å². The topological polar surface area (TPSA) is 49.8 Å². The van der Waals surface area contributed by atoms with Gasteiger partial charge in [-0.1, -0.05) is 0 Å². The largest absolute Gasteiger partial charge is 0.505 e. The van der Waals surface area contributed by atoms with E-state index in [1.165, 1.54) is 0 Å². The molecule has 0 aromatic heterocycles. The lowest BCUT2D eigenvalue weighted by Crippen LogP contribution is -1.99. The van der Waals surface area contributed by atoms with Gasteiger partial charge in [-0.25, -0.2) is 4.79 Å². The molecule has 1 N–H and O–H groups in total. The van der Waals surface area contributed by atoms with E-state index in [2.05, 4.69) is 4.74 Å². The van der Waals surface area contributed by atoms with Crippen molar-refractivity contribution in [2.75, 3.05) is 27.7 Å². The first-order chi connectivity index (χ1) is 4.50. The fourth-order valence-corrected chi connectivity index (χ4v) is 0.123. The predicted octanol–water partition coefficient (Wildman–Crippen LogP) is 0.879. The SMILES string of the molecule is CCOC(=O)O.CN(C)C. The minimum atomic E-state index is -1.21. The second-order valence-corrected chi connectivity index (χ2v) is 2.04. The minimum Gasteiger partial charge on any atom is -0.450 e. The third kappa shape index (κ3) is 56.4. The molecule has 0 aliphatic heterocycles. The van der Waals surface area contributed by atoms with Crippen LogP contribution in [0, 0.1) is 0 Å². The summed E-state index contributed by atoms with van der Waals surface area (Å²) >= 11 is 0. The summed E-state index contributed by atoms with van der Waals surface area (Å²) in [6.45, 7) is 1.85. The molecule has 0 unspecified atom stereocenters. The van der Waals surface area contributed by atoms with Gasteiger partial charge >= 0.3 is 6.16 Å². The van der Waals surface area contributed by atoms with Crippen LogP contribution in [0.2, 0.25) is 0 Å². The summed E-state index contributed by atoms with van der Waals surface area (Å²) in [7, 11) is 6.00. The van der Waals surface area contributed by atoms with Crippen LogP contribution >= 0.6 is 0 Å². The van der Waals surface area contributed by atoms with Crippen LogP contribution in [-0.2, 0) is 4.74 Å². The molecule has 62 valence electrons. The number of carboxylic acid groups (broad SMARTS) is 1. The van der Waals surface area contributed by atoms with Crippen molar-refractivity contribution in [2.45, 2.75) is 6.92 Å². The fraction of sp³-hybridized carbons (Fsp3) is 0.833. The summed E-state index contributed by atoms with van der Waals surface area (Å²) in [6.07, 6.45) is -1.21. The Bertz CT molecular complexity index is 80.3. The van der Waals surface area contributed by atoms with Gasteiger partial charge < -0.3 is 14.7 Å². The van der Waals surface area contributed by atoms with Crippen LogP contribution in [0.15, 0.2) is 0 Å². The molecule has 0 rings (SSSR count). The third-order valence-electron chi connectivity index (χ3n) is 0.268. The molecule has 0 aliphatic carbocycles. The van der Waals surface area contributed by atoms with E-state index < -0.39 is 6.16 Å². The van der Waals surface area contributed by atoms with Crippen molar-refractivity contribution >= 4 is 6.16 Å². The highest BCUT2D eigenvalue weighted by molar-refractivity contribution is 5.56. The molecule has 4 nitrogen and oxygen atoms in total. The van der Waals surface area contributed by atoms with Gasteiger partial charge in [0, 0.05) is 0 Å². The van der Waals surface area contributed by atoms with Gasteiger partial charge in [-0.15, -0.1) is 0 Å². The van der Waals surface area contributed by atoms with E-state index in [9.17, 15) is 4.79 Å². The highest BCUT2D eigenvalue weighted by Gasteiger charge is 1.86. The van der Waals surface area contributed by atoms with Crippen LogP contribution in [-0.4, -0.2) is 43.9 Å². The normalized spacial score (nSPS) is 8.10. The highest BCUT2D eigenvalue weighted by Crippen LogP contribution is 1.69. The summed E-state index contributed by atoms with van der Waals surface area (Å²) in [5, 5.41) is 7.69. The van der Waals surface area contributed by atoms with Crippen molar-refractivity contribution < 1.29 is 14.6 Å². The zero-order valence-electron chi connectivity index (χ0n) is 6.92. The monoisotopic (exact) mass is 149 g/mol. The van der Waals surface area contributed by atoms with E-state index in [1.807, 2.05) is 26.0 Å². The third-order valence-corrected chi connectivity index (χ3v) is 0.268. The van der Waals surface area contributed by atoms with Gasteiger partial charge in [0.15, 0.2) is 0 Å². The zero-order chi connectivity index (χ0) is 8.57. The Hall–Kier alpha value is -0.770. The van der Waals surface area contributed by atoms with Crippen LogP contribution in [0.4, 0.5) is 4.79 Å². The number of hydrogen-bond acceptors (Lipinski definition) is 3. The molecule has 0 amide bonds. The molecule has 0 aliphatic rings. The molecule has 0 fully saturated rings. The van der Waals surface area contributed by atoms with Crippen LogP contribution in [0.5, 0.6) is 0 Å². The van der Waals surface area contributed by atoms with Gasteiger partial charge in [0.05, 0.1) is 6.61 Å². The number of hydrogen-bond donors (Lipinski definition) is 1. The van der Waals surface area contributed by atoms with Crippen molar-refractivity contribution in [3.63, 3.8) is 0 Å². The van der Waals surface area contributed by atoms with Gasteiger partial charge in [-0.3, -0.25) is 0 Å². The van der Waals surface area contributed by atoms with Crippen LogP contribution < -0.4 is 0 Å². The summed E-state index contributed by atoms with van der Waals surface area (Å²) in [5.41, 5.74) is 0. The Morgan fingerprint density at radius 2 is 1.80 bits per heavy atom. The molecule has 0 saturated carbocycles. The molecular weight excluding hydrogens is 134 g/mol. The molecule has 0 heterocycles. The first-order valence-electron chi connectivity index (χ1n) is 2.97. The molecule has 0 aromatic carbocycles. The molecule has 10 heavy (non-hydrogen) atoms. The van der Waals surface area contributed by atoms with Crippen molar-refractivity contribution in [2.24, 2.45) is 0 Å². The lowest BCUT2D eigenvalue weighted by atomic mass is 10.9. The Kier molecular flexibility index (Phi) is 9.84. The second kappa shape index (κ2) is 8.23. The fourth-order valence-electron chi connectivity index (χ4n) is 0.123. The second-order valence-electron chi connectivity index (χ2n) is 2.04. The average Bonchev–Trinajstić information content (AvgIpc) is 1.62. The summed E-state index contributed by atoms with van der Waals surface area (Å²) in [4.78, 5) is 11.4. The summed E-state index contributed by atoms with van der Waals surface area (Å²) in [6, 6.07) is 0. The Balaban J connectivity index is 0. The molecule has 4 heteroatoms. The van der Waals surface area contributed by atoms with Gasteiger partial charge in [0.2, 0.25) is 0 Å². The molecule has 0 radical (unpaired) electrons. The smallest absolute Gasteiger partial charge is 0.450 e. The van der Waals surface area contributed by atoms with Crippen molar-refractivity contribution in [1.29, 1.82) is 0 Å². The van der Waals surface area contributed by atoms with Crippen molar-refractivity contribution in [3.8, 4) is 0 Å². The quantitative estimate of drug-likeness (QED) is 0.562. The first-order valence-corrected chi connectivity index (χ1v) is 2.97. The van der Waals surface area contributed by atoms with Crippen LogP contribution in [0.25, 0.3) is 0 Å². The van der Waals surface area contributed by atoms with E-state index in [-0.39, 0.29) is 6.61 Å². The number of nitrogens with zero attached hydrogens (tertiary/aromatic N) is 1. The maximum absolute atomic E-state index is 9.38. The molecule has 0 aromatic rings. The lowest BCUT2D eigenvalue weighted by Gasteiger charge is -1.90. The maximum Gasteiger partial charge on any atom is 0.505 e. The first kappa shape index (κ1) is 12.0. The number of rotatable bonds is 1. The van der Waals surface area contributed by atoms with Gasteiger partial charge in [0.1, 0.15) is 0 Å². The molecule has 0 saturated heterocycles. The standard InChI is InChI=1S/C3H9N.C3H6O3/c1-4(2)3;1-2-6-3(4)5/h1-3H3;2H2,1H3,(H,4,5). The zero-order valence-corrected chi connectivity index (χ0v) is 6.92. The highest BCUT2D eigenvalue weighted by atomic mass is 16.7.